The summed E-state index contributed by atoms with van der Waals surface area (Å²) >= 11 is 9.12. The standard InChI is InChI=1S/C14H10BrClFNO/c1-8-4-9(6-11(17)5-8)14(19)18-13-3-2-10(16)7-12(13)15/h2-7H,1H3,(H,18,19). The van der Waals surface area contributed by atoms with E-state index in [1.165, 1.54) is 12.1 Å². The number of benzene rings is 2. The molecule has 1 amide bonds. The molecule has 2 aromatic carbocycles. The second-order valence-electron chi connectivity index (χ2n) is 4.10. The molecule has 0 aliphatic heterocycles. The summed E-state index contributed by atoms with van der Waals surface area (Å²) in [6, 6.07) is 9.21. The highest BCUT2D eigenvalue weighted by molar-refractivity contribution is 9.10. The van der Waals surface area contributed by atoms with Gasteiger partial charge in [0.1, 0.15) is 5.82 Å². The fraction of sp³-hybridized carbons (Fsp3) is 0.0714. The van der Waals surface area contributed by atoms with Crippen molar-refractivity contribution < 1.29 is 9.18 Å². The molecule has 0 heterocycles. The number of nitrogens with one attached hydrogen (secondary N) is 1. The average molecular weight is 343 g/mol. The third-order valence-corrected chi connectivity index (χ3v) is 3.37. The molecule has 0 fully saturated rings. The molecule has 5 heteroatoms. The Bertz CT molecular complexity index is 625. The molecule has 0 atom stereocenters. The molecular formula is C14H10BrClFNO. The van der Waals surface area contributed by atoms with E-state index in [1.807, 2.05) is 0 Å². The van der Waals surface area contributed by atoms with Crippen LogP contribution in [0.3, 0.4) is 0 Å². The zero-order chi connectivity index (χ0) is 14.0. The monoisotopic (exact) mass is 341 g/mol. The lowest BCUT2D eigenvalue weighted by Gasteiger charge is -2.08. The number of halogens is 3. The van der Waals surface area contributed by atoms with Crippen molar-refractivity contribution in [3.63, 3.8) is 0 Å². The van der Waals surface area contributed by atoms with E-state index in [9.17, 15) is 9.18 Å². The Morgan fingerprint density at radius 2 is 2.00 bits per heavy atom. The smallest absolute Gasteiger partial charge is 0.255 e. The van der Waals surface area contributed by atoms with Crippen LogP contribution in [0.2, 0.25) is 5.02 Å². The molecular weight excluding hydrogens is 333 g/mol. The second kappa shape index (κ2) is 5.72. The van der Waals surface area contributed by atoms with Crippen LogP contribution in [0.25, 0.3) is 0 Å². The van der Waals surface area contributed by atoms with Crippen LogP contribution in [-0.4, -0.2) is 5.91 Å². The van der Waals surface area contributed by atoms with Crippen molar-refractivity contribution in [1.82, 2.24) is 0 Å². The van der Waals surface area contributed by atoms with E-state index in [2.05, 4.69) is 21.2 Å². The maximum Gasteiger partial charge on any atom is 0.255 e. The fourth-order valence-corrected chi connectivity index (χ4v) is 2.43. The maximum atomic E-state index is 13.3. The van der Waals surface area contributed by atoms with Crippen LogP contribution in [0.5, 0.6) is 0 Å². The molecule has 1 N–H and O–H groups in total. The van der Waals surface area contributed by atoms with Crippen molar-refractivity contribution >= 4 is 39.1 Å². The molecule has 0 saturated carbocycles. The van der Waals surface area contributed by atoms with Gasteiger partial charge in [0, 0.05) is 15.1 Å². The highest BCUT2D eigenvalue weighted by atomic mass is 79.9. The summed E-state index contributed by atoms with van der Waals surface area (Å²) < 4.78 is 13.9. The molecule has 0 spiro atoms. The minimum Gasteiger partial charge on any atom is -0.321 e. The van der Waals surface area contributed by atoms with Gasteiger partial charge in [-0.1, -0.05) is 11.6 Å². The zero-order valence-electron chi connectivity index (χ0n) is 10.0. The van der Waals surface area contributed by atoms with Gasteiger partial charge in [-0.3, -0.25) is 4.79 Å². The molecule has 0 aromatic heterocycles. The van der Waals surface area contributed by atoms with Gasteiger partial charge in [0.15, 0.2) is 0 Å². The summed E-state index contributed by atoms with van der Waals surface area (Å²) in [4.78, 5) is 12.0. The molecule has 0 radical (unpaired) electrons. The summed E-state index contributed by atoms with van der Waals surface area (Å²) in [7, 11) is 0. The Hall–Kier alpha value is -1.39. The van der Waals surface area contributed by atoms with Crippen LogP contribution < -0.4 is 5.32 Å². The quantitative estimate of drug-likeness (QED) is 0.834. The van der Waals surface area contributed by atoms with E-state index in [-0.39, 0.29) is 11.5 Å². The molecule has 0 aliphatic carbocycles. The van der Waals surface area contributed by atoms with Crippen LogP contribution in [-0.2, 0) is 0 Å². The third kappa shape index (κ3) is 3.55. The molecule has 98 valence electrons. The van der Waals surface area contributed by atoms with Crippen LogP contribution in [0.4, 0.5) is 10.1 Å². The fourth-order valence-electron chi connectivity index (χ4n) is 1.65. The number of carbonyl (C=O) groups excluding carboxylic acids is 1. The Morgan fingerprint density at radius 1 is 1.26 bits per heavy atom. The lowest BCUT2D eigenvalue weighted by atomic mass is 10.1. The SMILES string of the molecule is Cc1cc(F)cc(C(=O)Nc2ccc(Cl)cc2Br)c1. The van der Waals surface area contributed by atoms with E-state index in [0.717, 1.165) is 0 Å². The topological polar surface area (TPSA) is 29.1 Å². The first-order valence-electron chi connectivity index (χ1n) is 5.49. The third-order valence-electron chi connectivity index (χ3n) is 2.48. The molecule has 0 aliphatic rings. The molecule has 0 saturated heterocycles. The van der Waals surface area contributed by atoms with Crippen molar-refractivity contribution in [2.45, 2.75) is 6.92 Å². The number of hydrogen-bond donors (Lipinski definition) is 1. The van der Waals surface area contributed by atoms with Crippen LogP contribution in [0, 0.1) is 12.7 Å². The summed E-state index contributed by atoms with van der Waals surface area (Å²) in [6.45, 7) is 1.73. The van der Waals surface area contributed by atoms with Gasteiger partial charge in [0.25, 0.3) is 5.91 Å². The molecule has 0 bridgehead atoms. The Balaban J connectivity index is 2.25. The summed E-state index contributed by atoms with van der Waals surface area (Å²) in [6.07, 6.45) is 0. The van der Waals surface area contributed by atoms with E-state index in [0.29, 0.717) is 20.7 Å². The minimum absolute atomic E-state index is 0.277. The number of carbonyl (C=O) groups is 1. The Labute approximate surface area is 123 Å². The highest BCUT2D eigenvalue weighted by Gasteiger charge is 2.10. The molecule has 2 nitrogen and oxygen atoms in total. The van der Waals surface area contributed by atoms with Gasteiger partial charge in [-0.25, -0.2) is 4.39 Å². The van der Waals surface area contributed by atoms with Crippen molar-refractivity contribution in [3.05, 3.63) is 62.8 Å². The minimum atomic E-state index is -0.430. The first-order valence-corrected chi connectivity index (χ1v) is 6.66. The molecule has 2 rings (SSSR count). The first kappa shape index (κ1) is 14.0. The normalized spacial score (nSPS) is 10.3. The zero-order valence-corrected chi connectivity index (χ0v) is 12.3. The molecule has 0 unspecified atom stereocenters. The Morgan fingerprint density at radius 3 is 2.63 bits per heavy atom. The van der Waals surface area contributed by atoms with E-state index < -0.39 is 5.82 Å². The largest absolute Gasteiger partial charge is 0.321 e. The van der Waals surface area contributed by atoms with Crippen molar-refractivity contribution in [3.8, 4) is 0 Å². The lowest BCUT2D eigenvalue weighted by molar-refractivity contribution is 0.102. The summed E-state index contributed by atoms with van der Waals surface area (Å²) in [5, 5.41) is 3.26. The van der Waals surface area contributed by atoms with Crippen LogP contribution in [0.1, 0.15) is 15.9 Å². The predicted molar refractivity (Wildman–Crippen MR) is 78.2 cm³/mol. The van der Waals surface area contributed by atoms with Gasteiger partial charge in [-0.15, -0.1) is 0 Å². The second-order valence-corrected chi connectivity index (χ2v) is 5.39. The van der Waals surface area contributed by atoms with Gasteiger partial charge >= 0.3 is 0 Å². The van der Waals surface area contributed by atoms with E-state index in [1.54, 1.807) is 31.2 Å². The van der Waals surface area contributed by atoms with Gasteiger partial charge in [-0.2, -0.15) is 0 Å². The predicted octanol–water partition coefficient (Wildman–Crippen LogP) is 4.80. The van der Waals surface area contributed by atoms with Crippen molar-refractivity contribution in [1.29, 1.82) is 0 Å². The number of amides is 1. The van der Waals surface area contributed by atoms with E-state index >= 15 is 0 Å². The van der Waals surface area contributed by atoms with Gasteiger partial charge in [-0.05, 0) is 64.8 Å². The highest BCUT2D eigenvalue weighted by Crippen LogP contribution is 2.26. The van der Waals surface area contributed by atoms with Crippen molar-refractivity contribution in [2.24, 2.45) is 0 Å². The number of anilines is 1. The number of aryl methyl sites for hydroxylation is 1. The van der Waals surface area contributed by atoms with Crippen molar-refractivity contribution in [2.75, 3.05) is 5.32 Å². The van der Waals surface area contributed by atoms with Gasteiger partial charge in [0.2, 0.25) is 0 Å². The van der Waals surface area contributed by atoms with Crippen LogP contribution in [0.15, 0.2) is 40.9 Å². The molecule has 19 heavy (non-hydrogen) atoms. The lowest BCUT2D eigenvalue weighted by Crippen LogP contribution is -2.12. The van der Waals surface area contributed by atoms with Crippen LogP contribution >= 0.6 is 27.5 Å². The van der Waals surface area contributed by atoms with Gasteiger partial charge in [0.05, 0.1) is 5.69 Å². The first-order chi connectivity index (χ1) is 8.95. The molecule has 2 aromatic rings. The number of hydrogen-bond acceptors (Lipinski definition) is 1. The maximum absolute atomic E-state index is 13.3. The van der Waals surface area contributed by atoms with E-state index in [4.69, 9.17) is 11.6 Å². The summed E-state index contributed by atoms with van der Waals surface area (Å²) in [5.74, 6) is -0.800. The Kier molecular flexibility index (Phi) is 4.22. The van der Waals surface area contributed by atoms with Gasteiger partial charge < -0.3 is 5.32 Å². The number of rotatable bonds is 2. The summed E-state index contributed by atoms with van der Waals surface area (Å²) in [5.41, 5.74) is 1.55. The average Bonchev–Trinajstić information content (AvgIpc) is 2.31.